The fraction of sp³-hybridized carbons (Fsp3) is 0.0556. The molecule has 2 aromatic rings. The van der Waals surface area contributed by atoms with E-state index < -0.39 is 9.84 Å². The van der Waals surface area contributed by atoms with Crippen molar-refractivity contribution in [2.75, 3.05) is 6.61 Å². The van der Waals surface area contributed by atoms with Gasteiger partial charge in [-0.3, -0.25) is 0 Å². The van der Waals surface area contributed by atoms with Crippen molar-refractivity contribution < 1.29 is 13.2 Å². The summed E-state index contributed by atoms with van der Waals surface area (Å²) in [4.78, 5) is -0.234. The van der Waals surface area contributed by atoms with Gasteiger partial charge in [0.15, 0.2) is 0 Å². The van der Waals surface area contributed by atoms with Crippen molar-refractivity contribution in [1.29, 1.82) is 5.26 Å². The SMILES string of the molecule is C#CCOc1ccc(C=C(C#N)S(=O)(=O)c2ccccc2)cc1. The van der Waals surface area contributed by atoms with Crippen LogP contribution in [0, 0.1) is 23.7 Å². The minimum atomic E-state index is -3.83. The van der Waals surface area contributed by atoms with Crippen LogP contribution in [0.5, 0.6) is 5.75 Å². The zero-order valence-corrected chi connectivity index (χ0v) is 13.0. The molecule has 0 N–H and O–H groups in total. The monoisotopic (exact) mass is 323 g/mol. The van der Waals surface area contributed by atoms with Crippen LogP contribution in [0.1, 0.15) is 5.56 Å². The van der Waals surface area contributed by atoms with E-state index in [2.05, 4.69) is 5.92 Å². The molecule has 0 aliphatic rings. The lowest BCUT2D eigenvalue weighted by Gasteiger charge is -2.04. The van der Waals surface area contributed by atoms with E-state index in [9.17, 15) is 13.7 Å². The van der Waals surface area contributed by atoms with E-state index >= 15 is 0 Å². The molecular weight excluding hydrogens is 310 g/mol. The zero-order chi connectivity index (χ0) is 16.7. The van der Waals surface area contributed by atoms with Crippen LogP contribution in [-0.2, 0) is 9.84 Å². The highest BCUT2D eigenvalue weighted by Gasteiger charge is 2.20. The Morgan fingerprint density at radius 3 is 2.35 bits per heavy atom. The number of terminal acetylenes is 1. The molecule has 0 heterocycles. The second-order valence-corrected chi connectivity index (χ2v) is 6.42. The van der Waals surface area contributed by atoms with Gasteiger partial charge in [0.05, 0.1) is 4.90 Å². The van der Waals surface area contributed by atoms with Crippen LogP contribution in [-0.4, -0.2) is 15.0 Å². The molecule has 23 heavy (non-hydrogen) atoms. The van der Waals surface area contributed by atoms with Crippen LogP contribution >= 0.6 is 0 Å². The molecule has 0 aliphatic carbocycles. The number of sulfone groups is 1. The van der Waals surface area contributed by atoms with Gasteiger partial charge in [-0.05, 0) is 35.9 Å². The Bertz CT molecular complexity index is 884. The van der Waals surface area contributed by atoms with E-state index in [1.165, 1.54) is 18.2 Å². The van der Waals surface area contributed by atoms with E-state index in [0.717, 1.165) is 0 Å². The quantitative estimate of drug-likeness (QED) is 0.626. The smallest absolute Gasteiger partial charge is 0.216 e. The van der Waals surface area contributed by atoms with Gasteiger partial charge >= 0.3 is 0 Å². The van der Waals surface area contributed by atoms with Crippen LogP contribution in [0.25, 0.3) is 6.08 Å². The summed E-state index contributed by atoms with van der Waals surface area (Å²) >= 11 is 0. The fourth-order valence-corrected chi connectivity index (χ4v) is 3.01. The van der Waals surface area contributed by atoms with Crippen molar-refractivity contribution in [1.82, 2.24) is 0 Å². The molecule has 0 unspecified atom stereocenters. The molecule has 2 aromatic carbocycles. The maximum Gasteiger partial charge on any atom is 0.216 e. The number of hydrogen-bond donors (Lipinski definition) is 0. The first-order chi connectivity index (χ1) is 11.1. The van der Waals surface area contributed by atoms with Gasteiger partial charge in [0.1, 0.15) is 23.3 Å². The highest BCUT2D eigenvalue weighted by Crippen LogP contribution is 2.22. The molecular formula is C18H13NO3S. The van der Waals surface area contributed by atoms with Gasteiger partial charge in [-0.2, -0.15) is 5.26 Å². The van der Waals surface area contributed by atoms with Crippen molar-refractivity contribution in [2.24, 2.45) is 0 Å². The van der Waals surface area contributed by atoms with E-state index in [1.54, 1.807) is 48.5 Å². The lowest BCUT2D eigenvalue weighted by atomic mass is 10.2. The number of hydrogen-bond acceptors (Lipinski definition) is 4. The third-order valence-electron chi connectivity index (χ3n) is 2.95. The molecule has 0 aliphatic heterocycles. The van der Waals surface area contributed by atoms with E-state index in [0.29, 0.717) is 11.3 Å². The number of nitrogens with zero attached hydrogens (tertiary/aromatic N) is 1. The summed E-state index contributed by atoms with van der Waals surface area (Å²) in [6, 6.07) is 16.2. The molecule has 0 aromatic heterocycles. The Morgan fingerprint density at radius 2 is 1.78 bits per heavy atom. The van der Waals surface area contributed by atoms with Gasteiger partial charge in [0, 0.05) is 0 Å². The first-order valence-corrected chi connectivity index (χ1v) is 8.14. The van der Waals surface area contributed by atoms with Crippen molar-refractivity contribution in [3.8, 4) is 24.2 Å². The van der Waals surface area contributed by atoms with E-state index in [1.807, 2.05) is 0 Å². The third-order valence-corrected chi connectivity index (χ3v) is 4.63. The van der Waals surface area contributed by atoms with E-state index in [4.69, 9.17) is 11.2 Å². The molecule has 5 heteroatoms. The van der Waals surface area contributed by atoms with Crippen LogP contribution in [0.15, 0.2) is 64.4 Å². The molecule has 0 bridgehead atoms. The maximum absolute atomic E-state index is 12.4. The third kappa shape index (κ3) is 4.00. The summed E-state index contributed by atoms with van der Waals surface area (Å²) in [5.41, 5.74) is 0.578. The largest absolute Gasteiger partial charge is 0.481 e. The van der Waals surface area contributed by atoms with Crippen LogP contribution in [0.3, 0.4) is 0 Å². The van der Waals surface area contributed by atoms with Crippen LogP contribution in [0.4, 0.5) is 0 Å². The zero-order valence-electron chi connectivity index (χ0n) is 12.1. The fourth-order valence-electron chi connectivity index (χ4n) is 1.83. The lowest BCUT2D eigenvalue weighted by Crippen LogP contribution is -2.03. The van der Waals surface area contributed by atoms with Crippen LogP contribution in [0.2, 0.25) is 0 Å². The Morgan fingerprint density at radius 1 is 1.13 bits per heavy atom. The number of benzene rings is 2. The summed E-state index contributed by atoms with van der Waals surface area (Å²) in [5.74, 6) is 2.93. The Balaban J connectivity index is 2.33. The number of ether oxygens (including phenoxy) is 1. The van der Waals surface area contributed by atoms with Gasteiger partial charge in [0.25, 0.3) is 0 Å². The minimum Gasteiger partial charge on any atom is -0.481 e. The second kappa shape index (κ2) is 7.31. The summed E-state index contributed by atoms with van der Waals surface area (Å²) < 4.78 is 30.1. The van der Waals surface area contributed by atoms with Gasteiger partial charge in [0.2, 0.25) is 9.84 Å². The van der Waals surface area contributed by atoms with Gasteiger partial charge in [-0.15, -0.1) is 6.42 Å². The summed E-state index contributed by atoms with van der Waals surface area (Å²) in [6.45, 7) is 0.154. The molecule has 114 valence electrons. The molecule has 0 radical (unpaired) electrons. The molecule has 0 atom stereocenters. The molecule has 4 nitrogen and oxygen atoms in total. The molecule has 0 fully saturated rings. The summed E-state index contributed by atoms with van der Waals surface area (Å²) in [7, 11) is -3.83. The number of rotatable bonds is 5. The second-order valence-electron chi connectivity index (χ2n) is 4.50. The van der Waals surface area contributed by atoms with Crippen molar-refractivity contribution in [3.63, 3.8) is 0 Å². The van der Waals surface area contributed by atoms with Gasteiger partial charge in [-0.1, -0.05) is 36.3 Å². The summed E-state index contributed by atoms with van der Waals surface area (Å²) in [5, 5.41) is 9.21. The lowest BCUT2D eigenvalue weighted by molar-refractivity contribution is 0.370. The predicted octanol–water partition coefficient (Wildman–Crippen LogP) is 3.04. The predicted molar refractivity (Wildman–Crippen MR) is 88.0 cm³/mol. The van der Waals surface area contributed by atoms with Crippen molar-refractivity contribution in [2.45, 2.75) is 4.90 Å². The molecule has 0 saturated carbocycles. The van der Waals surface area contributed by atoms with Gasteiger partial charge < -0.3 is 4.74 Å². The molecule has 0 saturated heterocycles. The van der Waals surface area contributed by atoms with Gasteiger partial charge in [-0.25, -0.2) is 8.42 Å². The minimum absolute atomic E-state index is 0.0850. The summed E-state index contributed by atoms with van der Waals surface area (Å²) in [6.07, 6.45) is 6.43. The van der Waals surface area contributed by atoms with Crippen molar-refractivity contribution in [3.05, 3.63) is 65.1 Å². The van der Waals surface area contributed by atoms with E-state index in [-0.39, 0.29) is 16.4 Å². The molecule has 0 spiro atoms. The maximum atomic E-state index is 12.4. The molecule has 2 rings (SSSR count). The standard InChI is InChI=1S/C18H13NO3S/c1-2-12-22-16-10-8-15(9-11-16)13-18(14-19)23(20,21)17-6-4-3-5-7-17/h1,3-11,13H,12H2. The average molecular weight is 323 g/mol. The Hall–Kier alpha value is -3.02. The normalized spacial score (nSPS) is 11.3. The molecule has 0 amide bonds. The highest BCUT2D eigenvalue weighted by molar-refractivity contribution is 7.95. The van der Waals surface area contributed by atoms with Crippen LogP contribution < -0.4 is 4.74 Å². The Labute approximate surface area is 135 Å². The first kappa shape index (κ1) is 16.4. The highest BCUT2D eigenvalue weighted by atomic mass is 32.2. The Kier molecular flexibility index (Phi) is 5.19. The average Bonchev–Trinajstić information content (AvgIpc) is 2.59. The number of allylic oxidation sites excluding steroid dienone is 1. The first-order valence-electron chi connectivity index (χ1n) is 6.66. The number of nitriles is 1. The topological polar surface area (TPSA) is 67.2 Å². The van der Waals surface area contributed by atoms with Crippen molar-refractivity contribution >= 4 is 15.9 Å².